The maximum absolute atomic E-state index is 11.5. The first-order chi connectivity index (χ1) is 12.6. The van der Waals surface area contributed by atoms with E-state index >= 15 is 0 Å². The third-order valence-electron chi connectivity index (χ3n) is 5.36. The Balaban J connectivity index is 2.03. The number of allylic oxidation sites excluding steroid dienone is 5. The molecule has 0 amide bonds. The number of rotatable bonds is 3. The fourth-order valence-electron chi connectivity index (χ4n) is 3.83. The number of benzene rings is 1. The second-order valence-corrected chi connectivity index (χ2v) is 9.20. The van der Waals surface area contributed by atoms with Crippen LogP contribution in [-0.4, -0.2) is 35.4 Å². The molecule has 144 valence electrons. The molecule has 2 aliphatic rings. The van der Waals surface area contributed by atoms with E-state index in [1.807, 2.05) is 37.6 Å². The summed E-state index contributed by atoms with van der Waals surface area (Å²) in [6.45, 7) is 4.03. The lowest BCUT2D eigenvalue weighted by Gasteiger charge is -2.17. The van der Waals surface area contributed by atoms with Crippen LogP contribution in [0.2, 0.25) is 0 Å². The van der Waals surface area contributed by atoms with E-state index in [9.17, 15) is 18.1 Å². The molecule has 2 N–H and O–H groups in total. The molecule has 0 fully saturated rings. The molecular formula is C20H23ClNO4S+. The van der Waals surface area contributed by atoms with Gasteiger partial charge in [-0.25, -0.2) is 0 Å². The molecule has 1 aliphatic heterocycles. The van der Waals surface area contributed by atoms with Crippen LogP contribution in [0.5, 0.6) is 0 Å². The van der Waals surface area contributed by atoms with Gasteiger partial charge in [0.1, 0.15) is 7.05 Å². The van der Waals surface area contributed by atoms with Crippen molar-refractivity contribution in [3.8, 4) is 0 Å². The van der Waals surface area contributed by atoms with Crippen LogP contribution in [0.25, 0.3) is 0 Å². The lowest BCUT2D eigenvalue weighted by molar-refractivity contribution is -0.401. The molecule has 0 atom stereocenters. The molecule has 0 saturated heterocycles. The van der Waals surface area contributed by atoms with Crippen LogP contribution in [0.1, 0.15) is 38.7 Å². The highest BCUT2D eigenvalue weighted by Crippen LogP contribution is 2.41. The SMILES string of the molecule is C[N+]1=C(/C=C/C2=C(Cl)C(=C/O)/CCC2)C(C)(C)c2cc(S(=O)(=O)O)ccc21. The van der Waals surface area contributed by atoms with E-state index < -0.39 is 15.5 Å². The number of nitrogens with zero attached hydrogens (tertiary/aromatic N) is 1. The fourth-order valence-corrected chi connectivity index (χ4v) is 4.64. The summed E-state index contributed by atoms with van der Waals surface area (Å²) < 4.78 is 34.4. The monoisotopic (exact) mass is 408 g/mol. The smallest absolute Gasteiger partial charge is 0.294 e. The molecule has 0 aromatic heterocycles. The molecule has 0 saturated carbocycles. The zero-order chi connectivity index (χ0) is 20.0. The number of fused-ring (bicyclic) bond motifs is 1. The highest BCUT2D eigenvalue weighted by molar-refractivity contribution is 7.85. The van der Waals surface area contributed by atoms with Crippen LogP contribution in [0.4, 0.5) is 5.69 Å². The lowest BCUT2D eigenvalue weighted by atomic mass is 9.81. The second-order valence-electron chi connectivity index (χ2n) is 7.40. The van der Waals surface area contributed by atoms with E-state index in [4.69, 9.17) is 11.6 Å². The van der Waals surface area contributed by atoms with Crippen LogP contribution < -0.4 is 0 Å². The van der Waals surface area contributed by atoms with Crippen molar-refractivity contribution in [1.82, 2.24) is 0 Å². The van der Waals surface area contributed by atoms with Gasteiger partial charge in [0, 0.05) is 23.3 Å². The third-order valence-corrected chi connectivity index (χ3v) is 6.69. The number of aliphatic hydroxyl groups is 1. The van der Waals surface area contributed by atoms with Crippen molar-refractivity contribution in [2.75, 3.05) is 7.05 Å². The Morgan fingerprint density at radius 3 is 2.56 bits per heavy atom. The summed E-state index contributed by atoms with van der Waals surface area (Å²) in [5, 5.41) is 9.89. The van der Waals surface area contributed by atoms with Gasteiger partial charge in [-0.15, -0.1) is 0 Å². The average molecular weight is 409 g/mol. The zero-order valence-electron chi connectivity index (χ0n) is 15.5. The molecule has 5 nitrogen and oxygen atoms in total. The van der Waals surface area contributed by atoms with E-state index in [1.54, 1.807) is 6.07 Å². The number of hydrogen-bond acceptors (Lipinski definition) is 3. The summed E-state index contributed by atoms with van der Waals surface area (Å²) in [5.74, 6) is 0. The molecule has 1 aromatic carbocycles. The van der Waals surface area contributed by atoms with Crippen LogP contribution in [0, 0.1) is 0 Å². The number of aliphatic hydroxyl groups excluding tert-OH is 1. The van der Waals surface area contributed by atoms with Gasteiger partial charge in [0.2, 0.25) is 5.69 Å². The minimum absolute atomic E-state index is 0.108. The van der Waals surface area contributed by atoms with Crippen LogP contribution >= 0.6 is 11.6 Å². The highest BCUT2D eigenvalue weighted by atomic mass is 35.5. The van der Waals surface area contributed by atoms with Crippen molar-refractivity contribution >= 4 is 33.1 Å². The Bertz CT molecular complexity index is 1030. The summed E-state index contributed by atoms with van der Waals surface area (Å²) in [5.41, 5.74) is 3.98. The van der Waals surface area contributed by atoms with Gasteiger partial charge >= 0.3 is 0 Å². The molecule has 1 heterocycles. The summed E-state index contributed by atoms with van der Waals surface area (Å²) in [7, 11) is -2.33. The van der Waals surface area contributed by atoms with Gasteiger partial charge in [-0.1, -0.05) is 17.7 Å². The van der Waals surface area contributed by atoms with Gasteiger partial charge in [-0.2, -0.15) is 13.0 Å². The quantitative estimate of drug-likeness (QED) is 0.434. The maximum Gasteiger partial charge on any atom is 0.294 e. The second kappa shape index (κ2) is 6.93. The molecule has 27 heavy (non-hydrogen) atoms. The van der Waals surface area contributed by atoms with Crippen molar-refractivity contribution < 1.29 is 22.7 Å². The average Bonchev–Trinajstić information content (AvgIpc) is 2.79. The summed E-state index contributed by atoms with van der Waals surface area (Å²) >= 11 is 6.38. The Morgan fingerprint density at radius 1 is 1.22 bits per heavy atom. The molecule has 3 rings (SSSR count). The number of hydrogen-bond donors (Lipinski definition) is 2. The van der Waals surface area contributed by atoms with E-state index in [-0.39, 0.29) is 4.90 Å². The first kappa shape index (κ1) is 19.9. The van der Waals surface area contributed by atoms with Gasteiger partial charge in [-0.05, 0) is 50.8 Å². The molecule has 1 aromatic rings. The van der Waals surface area contributed by atoms with Gasteiger partial charge in [-0.3, -0.25) is 4.55 Å². The first-order valence-electron chi connectivity index (χ1n) is 8.71. The zero-order valence-corrected chi connectivity index (χ0v) is 17.1. The van der Waals surface area contributed by atoms with E-state index in [1.165, 1.54) is 12.1 Å². The summed E-state index contributed by atoms with van der Waals surface area (Å²) in [6.07, 6.45) is 7.55. The molecule has 0 spiro atoms. The Labute approximate surface area is 164 Å². The standard InChI is InChI=1S/C20H22ClNO4S/c1-20(2)16-11-15(27(24,25)26)8-9-17(16)22(3)18(20)10-7-13-5-4-6-14(12-23)19(13)21/h7-12H,4-6H2,1-3H3,(H,24,25,26)/p+1. The van der Waals surface area contributed by atoms with Gasteiger partial charge < -0.3 is 5.11 Å². The van der Waals surface area contributed by atoms with Crippen molar-refractivity contribution in [2.45, 2.75) is 43.4 Å². The lowest BCUT2D eigenvalue weighted by Crippen LogP contribution is -2.26. The molecule has 7 heteroatoms. The third kappa shape index (κ3) is 3.49. The van der Waals surface area contributed by atoms with Gasteiger partial charge in [0.05, 0.1) is 21.6 Å². The summed E-state index contributed by atoms with van der Waals surface area (Å²) in [4.78, 5) is -0.108. The first-order valence-corrected chi connectivity index (χ1v) is 10.5. The van der Waals surface area contributed by atoms with E-state index in [2.05, 4.69) is 0 Å². The normalized spacial score (nSPS) is 21.4. The van der Waals surface area contributed by atoms with Crippen LogP contribution in [-0.2, 0) is 15.5 Å². The van der Waals surface area contributed by atoms with Gasteiger partial charge in [0.25, 0.3) is 10.1 Å². The fraction of sp³-hybridized carbons (Fsp3) is 0.350. The maximum atomic E-state index is 11.5. The Kier molecular flexibility index (Phi) is 5.10. The minimum Gasteiger partial charge on any atom is -0.515 e. The summed E-state index contributed by atoms with van der Waals surface area (Å²) in [6, 6.07) is 4.65. The predicted molar refractivity (Wildman–Crippen MR) is 107 cm³/mol. The largest absolute Gasteiger partial charge is 0.515 e. The van der Waals surface area contributed by atoms with Crippen molar-refractivity contribution in [2.24, 2.45) is 0 Å². The topological polar surface area (TPSA) is 77.6 Å². The highest BCUT2D eigenvalue weighted by Gasteiger charge is 2.43. The van der Waals surface area contributed by atoms with Crippen LogP contribution in [0.15, 0.2) is 57.7 Å². The van der Waals surface area contributed by atoms with E-state index in [0.29, 0.717) is 5.03 Å². The number of halogens is 1. The Morgan fingerprint density at radius 2 is 1.93 bits per heavy atom. The minimum atomic E-state index is -4.26. The van der Waals surface area contributed by atoms with Crippen molar-refractivity contribution in [3.05, 3.63) is 58.4 Å². The molecular weight excluding hydrogens is 386 g/mol. The molecule has 0 radical (unpaired) electrons. The molecule has 1 aliphatic carbocycles. The predicted octanol–water partition coefficient (Wildman–Crippen LogP) is 4.61. The van der Waals surface area contributed by atoms with E-state index in [0.717, 1.165) is 53.6 Å². The molecule has 0 unspecified atom stereocenters. The molecule has 0 bridgehead atoms. The van der Waals surface area contributed by atoms with Crippen LogP contribution in [0.3, 0.4) is 0 Å². The van der Waals surface area contributed by atoms with Crippen molar-refractivity contribution in [3.63, 3.8) is 0 Å². The van der Waals surface area contributed by atoms with Crippen molar-refractivity contribution in [1.29, 1.82) is 0 Å². The Hall–Kier alpha value is -1.89. The van der Waals surface area contributed by atoms with Gasteiger partial charge in [0.15, 0.2) is 5.71 Å².